The van der Waals surface area contributed by atoms with Crippen molar-refractivity contribution in [3.63, 3.8) is 0 Å². The lowest BCUT2D eigenvalue weighted by Crippen LogP contribution is -2.34. The Morgan fingerprint density at radius 3 is 2.07 bits per heavy atom. The summed E-state index contributed by atoms with van der Waals surface area (Å²) in [7, 11) is 0. The molecule has 0 aromatic heterocycles. The second-order valence-corrected chi connectivity index (χ2v) is 7.63. The highest BCUT2D eigenvalue weighted by atomic mass is 35.5. The molecule has 0 aliphatic carbocycles. The van der Waals surface area contributed by atoms with Crippen molar-refractivity contribution < 1.29 is 9.59 Å². The molecule has 3 atom stereocenters. The van der Waals surface area contributed by atoms with Crippen molar-refractivity contribution in [2.45, 2.75) is 19.0 Å². The normalized spacial score (nSPS) is 20.0. The van der Waals surface area contributed by atoms with Crippen LogP contribution in [0, 0.1) is 5.92 Å². The molecule has 4 nitrogen and oxygen atoms in total. The monoisotopic (exact) mass is 404 g/mol. The molecule has 1 N–H and O–H groups in total. The summed E-state index contributed by atoms with van der Waals surface area (Å²) in [4.78, 5) is 27.8. The largest absolute Gasteiger partial charge is 0.382 e. The van der Waals surface area contributed by atoms with Crippen LogP contribution < -0.4 is 10.2 Å². The Hall–Kier alpha value is -3.11. The highest BCUT2D eigenvalue weighted by molar-refractivity contribution is 6.45. The molecule has 3 aromatic carbocycles. The number of nitrogens with zero attached hydrogens (tertiary/aromatic N) is 1. The number of Topliss-reactive ketones (excluding diaryl/α,β-unsaturated/α-hetero) is 1. The van der Waals surface area contributed by atoms with Crippen molar-refractivity contribution in [3.8, 4) is 0 Å². The first kappa shape index (κ1) is 19.2. The van der Waals surface area contributed by atoms with Gasteiger partial charge < -0.3 is 5.32 Å². The van der Waals surface area contributed by atoms with Crippen LogP contribution >= 0.6 is 11.6 Å². The van der Waals surface area contributed by atoms with Gasteiger partial charge in [0, 0.05) is 22.4 Å². The Labute approximate surface area is 175 Å². The fourth-order valence-corrected chi connectivity index (χ4v) is 4.09. The summed E-state index contributed by atoms with van der Waals surface area (Å²) in [6.07, 6.45) is 0. The van der Waals surface area contributed by atoms with Gasteiger partial charge in [-0.05, 0) is 48.9 Å². The Morgan fingerprint density at radius 1 is 0.862 bits per heavy atom. The van der Waals surface area contributed by atoms with Crippen molar-refractivity contribution in [1.82, 2.24) is 0 Å². The van der Waals surface area contributed by atoms with E-state index in [1.54, 1.807) is 17.0 Å². The van der Waals surface area contributed by atoms with E-state index in [1.165, 1.54) is 0 Å². The van der Waals surface area contributed by atoms with Crippen LogP contribution in [0.5, 0.6) is 0 Å². The molecule has 4 rings (SSSR count). The van der Waals surface area contributed by atoms with Crippen LogP contribution in [0.15, 0.2) is 84.9 Å². The molecule has 0 spiro atoms. The van der Waals surface area contributed by atoms with Gasteiger partial charge in [-0.1, -0.05) is 60.1 Å². The van der Waals surface area contributed by atoms with Crippen molar-refractivity contribution in [3.05, 3.63) is 95.5 Å². The zero-order chi connectivity index (χ0) is 20.4. The summed E-state index contributed by atoms with van der Waals surface area (Å²) < 4.78 is 0. The number of rotatable bonds is 5. The van der Waals surface area contributed by atoms with Gasteiger partial charge in [0.25, 0.3) is 5.91 Å². The quantitative estimate of drug-likeness (QED) is 0.601. The second-order valence-electron chi connectivity index (χ2n) is 7.20. The van der Waals surface area contributed by atoms with E-state index in [9.17, 15) is 9.59 Å². The van der Waals surface area contributed by atoms with Crippen LogP contribution in [0.4, 0.5) is 11.4 Å². The minimum Gasteiger partial charge on any atom is -0.382 e. The molecule has 1 heterocycles. The lowest BCUT2D eigenvalue weighted by Gasteiger charge is -2.31. The number of nitrogens with one attached hydrogen (secondary N) is 1. The molecule has 1 aliphatic heterocycles. The summed E-state index contributed by atoms with van der Waals surface area (Å²) in [5.74, 6) is -1.41. The highest BCUT2D eigenvalue weighted by Crippen LogP contribution is 2.42. The van der Waals surface area contributed by atoms with Crippen molar-refractivity contribution in [2.24, 2.45) is 5.92 Å². The second kappa shape index (κ2) is 8.10. The zero-order valence-corrected chi connectivity index (χ0v) is 16.7. The Morgan fingerprint density at radius 2 is 1.45 bits per heavy atom. The SMILES string of the molecule is C[C@H](Nc1ccccc1)[C@@H]1C(=O)C(=O)N(c2ccccc2)[C@H]1c1ccc(Cl)cc1. The van der Waals surface area contributed by atoms with Crippen LogP contribution in [0.2, 0.25) is 5.02 Å². The van der Waals surface area contributed by atoms with Gasteiger partial charge in [0.05, 0.1) is 12.0 Å². The smallest absolute Gasteiger partial charge is 0.295 e. The first-order valence-corrected chi connectivity index (χ1v) is 9.93. The maximum atomic E-state index is 13.1. The molecule has 5 heteroatoms. The maximum absolute atomic E-state index is 13.1. The van der Waals surface area contributed by atoms with Crippen molar-refractivity contribution in [2.75, 3.05) is 10.2 Å². The predicted octanol–water partition coefficient (Wildman–Crippen LogP) is 5.11. The average molecular weight is 405 g/mol. The summed E-state index contributed by atoms with van der Waals surface area (Å²) in [5.41, 5.74) is 2.50. The molecule has 1 fully saturated rings. The molecule has 0 radical (unpaired) electrons. The number of carbonyl (C=O) groups is 2. The molecule has 1 saturated heterocycles. The van der Waals surface area contributed by atoms with Gasteiger partial charge in [-0.3, -0.25) is 14.5 Å². The number of halogens is 1. The van der Waals surface area contributed by atoms with Gasteiger partial charge in [0.15, 0.2) is 0 Å². The number of carbonyl (C=O) groups excluding carboxylic acids is 2. The number of para-hydroxylation sites is 2. The number of ketones is 1. The molecule has 0 unspecified atom stereocenters. The Bertz CT molecular complexity index is 1010. The first-order valence-electron chi connectivity index (χ1n) is 9.56. The third-order valence-electron chi connectivity index (χ3n) is 5.30. The van der Waals surface area contributed by atoms with E-state index >= 15 is 0 Å². The fraction of sp³-hybridized carbons (Fsp3) is 0.167. The van der Waals surface area contributed by atoms with Gasteiger partial charge in [-0.25, -0.2) is 0 Å². The van der Waals surface area contributed by atoms with Gasteiger partial charge >= 0.3 is 0 Å². The fourth-order valence-electron chi connectivity index (χ4n) is 3.96. The van der Waals surface area contributed by atoms with Gasteiger partial charge in [0.1, 0.15) is 0 Å². The van der Waals surface area contributed by atoms with Crippen LogP contribution in [0.25, 0.3) is 0 Å². The number of hydrogen-bond acceptors (Lipinski definition) is 3. The Balaban J connectivity index is 1.76. The first-order chi connectivity index (χ1) is 14.1. The molecular weight excluding hydrogens is 384 g/mol. The predicted molar refractivity (Wildman–Crippen MR) is 116 cm³/mol. The van der Waals surface area contributed by atoms with Crippen molar-refractivity contribution >= 4 is 34.7 Å². The van der Waals surface area contributed by atoms with Crippen LogP contribution in [-0.4, -0.2) is 17.7 Å². The highest BCUT2D eigenvalue weighted by Gasteiger charge is 2.50. The molecule has 1 amide bonds. The number of anilines is 2. The van der Waals surface area contributed by atoms with E-state index in [-0.39, 0.29) is 11.8 Å². The zero-order valence-electron chi connectivity index (χ0n) is 16.0. The van der Waals surface area contributed by atoms with Gasteiger partial charge in [-0.2, -0.15) is 0 Å². The molecule has 0 saturated carbocycles. The van der Waals surface area contributed by atoms with E-state index in [0.717, 1.165) is 11.3 Å². The summed E-state index contributed by atoms with van der Waals surface area (Å²) in [6.45, 7) is 1.94. The van der Waals surface area contributed by atoms with E-state index < -0.39 is 17.9 Å². The summed E-state index contributed by atoms with van der Waals surface area (Å²) >= 11 is 6.08. The maximum Gasteiger partial charge on any atom is 0.295 e. The standard InChI is InChI=1S/C24H21ClN2O2/c1-16(26-19-8-4-2-5-9-19)21-22(17-12-14-18(25)15-13-17)27(24(29)23(21)28)20-10-6-3-7-11-20/h2-16,21-22,26H,1H3/t16-,21-,22-/m0/s1. The molecule has 146 valence electrons. The molecular formula is C24H21ClN2O2. The lowest BCUT2D eigenvalue weighted by molar-refractivity contribution is -0.135. The van der Waals surface area contributed by atoms with Crippen LogP contribution in [0.1, 0.15) is 18.5 Å². The molecule has 1 aliphatic rings. The lowest BCUT2D eigenvalue weighted by atomic mass is 9.87. The minimum atomic E-state index is -0.538. The van der Waals surface area contributed by atoms with Gasteiger partial charge in [0.2, 0.25) is 5.78 Å². The molecule has 3 aromatic rings. The third-order valence-corrected chi connectivity index (χ3v) is 5.56. The van der Waals surface area contributed by atoms with Crippen LogP contribution in [-0.2, 0) is 9.59 Å². The molecule has 0 bridgehead atoms. The van der Waals surface area contributed by atoms with Crippen molar-refractivity contribution in [1.29, 1.82) is 0 Å². The minimum absolute atomic E-state index is 0.247. The average Bonchev–Trinajstić information content (AvgIpc) is 3.01. The number of benzene rings is 3. The van der Waals surface area contributed by atoms with E-state index in [0.29, 0.717) is 10.7 Å². The van der Waals surface area contributed by atoms with Crippen LogP contribution in [0.3, 0.4) is 0 Å². The van der Waals surface area contributed by atoms with E-state index in [1.807, 2.05) is 79.7 Å². The van der Waals surface area contributed by atoms with E-state index in [2.05, 4.69) is 5.32 Å². The van der Waals surface area contributed by atoms with Gasteiger partial charge in [-0.15, -0.1) is 0 Å². The summed E-state index contributed by atoms with van der Waals surface area (Å²) in [6, 6.07) is 25.7. The van der Waals surface area contributed by atoms with E-state index in [4.69, 9.17) is 11.6 Å². The topological polar surface area (TPSA) is 49.4 Å². The third kappa shape index (κ3) is 3.76. The summed E-state index contributed by atoms with van der Waals surface area (Å²) in [5, 5.41) is 4.01. The number of hydrogen-bond donors (Lipinski definition) is 1. The Kier molecular flexibility index (Phi) is 5.36. The number of amides is 1. The molecule has 29 heavy (non-hydrogen) atoms.